The van der Waals surface area contributed by atoms with Crippen LogP contribution in [0.25, 0.3) is 188 Å². The van der Waals surface area contributed by atoms with Crippen LogP contribution in [0.2, 0.25) is 0 Å². The van der Waals surface area contributed by atoms with Crippen LogP contribution in [0.4, 0.5) is 0 Å². The molecule has 488 valence electrons. The molecular weight excluding hydrogens is 1260 g/mol. The molecule has 104 heavy (non-hydrogen) atoms. The normalized spacial score (nSPS) is 13.5. The second-order valence-electron chi connectivity index (χ2n) is 29.7. The summed E-state index contributed by atoms with van der Waals surface area (Å²) in [7, 11) is 0. The zero-order chi connectivity index (χ0) is 68.8. The molecule has 20 aromatic rings. The standard InChI is InChI=1S/C98H66N6/c1-97(2)82-31-15-8-24-69(82)71-44-42-65(57-84(71)97)101-87-34-18-11-26-73(87)78-52-60(38-46-91(78)101)62-40-48-93-80(54-62)75-28-13-20-36-89(75)103(93)67-50-64(96-99-86-33-17-10-30-77(86)95(100-96)59-22-6-5-7-23-59)51-68(56-67)104-90-37-21-14-29-76(90)81-55-63(41-49-94(81)104)61-39-47-92-79(53-61)74-27-12-19-35-88(74)102(92)66-43-45-72-70-25-9-16-32-83(70)98(3,4)85(72)58-66/h5-58H,1-4H3. The number of hydrogen-bond donors (Lipinski definition) is 0. The lowest BCUT2D eigenvalue weighted by atomic mass is 9.82. The van der Waals surface area contributed by atoms with Gasteiger partial charge in [-0.15, -0.1) is 0 Å². The van der Waals surface area contributed by atoms with Crippen molar-refractivity contribution in [1.82, 2.24) is 28.2 Å². The Bertz CT molecular complexity index is 6750. The fourth-order valence-electron chi connectivity index (χ4n) is 18.4. The summed E-state index contributed by atoms with van der Waals surface area (Å²) in [4.78, 5) is 11.0. The van der Waals surface area contributed by atoms with E-state index in [9.17, 15) is 0 Å². The van der Waals surface area contributed by atoms with Gasteiger partial charge in [0.15, 0.2) is 5.82 Å². The molecule has 0 radical (unpaired) electrons. The van der Waals surface area contributed by atoms with Gasteiger partial charge in [-0.25, -0.2) is 9.97 Å². The average molecular weight is 1330 g/mol. The van der Waals surface area contributed by atoms with Crippen molar-refractivity contribution < 1.29 is 0 Å². The van der Waals surface area contributed by atoms with E-state index >= 15 is 0 Å². The largest absolute Gasteiger partial charge is 0.309 e. The molecule has 0 fully saturated rings. The predicted molar refractivity (Wildman–Crippen MR) is 434 cm³/mol. The lowest BCUT2D eigenvalue weighted by Gasteiger charge is -2.22. The number of rotatable bonds is 8. The SMILES string of the molecule is CC1(C)c2ccccc2-c2ccc(-n3c4ccccc4c4cc(-c5ccc6c(c5)c5ccccc5n6-c5cc(-c6nc(-c7ccccc7)c7ccccc7n6)cc(-n6c7ccccc7c7cc(-c8ccc9c(c8)c8ccccc8n9-c8ccc9c(c8)C(C)(C)c8ccccc8-9)ccc76)c5)ccc43)cc21. The van der Waals surface area contributed by atoms with Crippen LogP contribution in [-0.2, 0) is 10.8 Å². The van der Waals surface area contributed by atoms with Gasteiger partial charge < -0.3 is 18.3 Å². The smallest absolute Gasteiger partial charge is 0.160 e. The average Bonchev–Trinajstić information content (AvgIpc) is 1.56. The van der Waals surface area contributed by atoms with Crippen molar-refractivity contribution in [3.63, 3.8) is 0 Å². The second kappa shape index (κ2) is 21.7. The van der Waals surface area contributed by atoms with Crippen LogP contribution in [0.3, 0.4) is 0 Å². The molecule has 0 N–H and O–H groups in total. The molecule has 0 unspecified atom stereocenters. The van der Waals surface area contributed by atoms with Crippen LogP contribution in [-0.4, -0.2) is 28.2 Å². The van der Waals surface area contributed by atoms with Gasteiger partial charge in [-0.2, -0.15) is 0 Å². The molecule has 5 aromatic heterocycles. The van der Waals surface area contributed by atoms with Gasteiger partial charge in [0.25, 0.3) is 0 Å². The maximum absolute atomic E-state index is 5.57. The molecule has 5 heterocycles. The quantitative estimate of drug-likeness (QED) is 0.152. The molecule has 2 aliphatic carbocycles. The van der Waals surface area contributed by atoms with Crippen molar-refractivity contribution in [2.24, 2.45) is 0 Å². The van der Waals surface area contributed by atoms with E-state index in [0.717, 1.165) is 72.3 Å². The number of fused-ring (bicyclic) bond motifs is 19. The molecule has 0 saturated carbocycles. The van der Waals surface area contributed by atoms with E-state index in [1.165, 1.54) is 132 Å². The highest BCUT2D eigenvalue weighted by atomic mass is 15.0. The molecule has 6 nitrogen and oxygen atoms in total. The molecule has 0 bridgehead atoms. The fraction of sp³-hybridized carbons (Fsp3) is 0.0612. The van der Waals surface area contributed by atoms with Crippen LogP contribution in [0.5, 0.6) is 0 Å². The van der Waals surface area contributed by atoms with E-state index in [1.807, 2.05) is 0 Å². The van der Waals surface area contributed by atoms with Crippen LogP contribution in [0.1, 0.15) is 49.9 Å². The van der Waals surface area contributed by atoms with Crippen molar-refractivity contribution in [2.45, 2.75) is 38.5 Å². The third kappa shape index (κ3) is 8.39. The lowest BCUT2D eigenvalue weighted by Crippen LogP contribution is -2.15. The third-order valence-corrected chi connectivity index (χ3v) is 23.3. The number of aromatic nitrogens is 6. The second-order valence-corrected chi connectivity index (χ2v) is 29.7. The van der Waals surface area contributed by atoms with Crippen molar-refractivity contribution in [3.8, 4) is 89.9 Å². The molecule has 0 atom stereocenters. The van der Waals surface area contributed by atoms with E-state index in [2.05, 4.69) is 374 Å². The lowest BCUT2D eigenvalue weighted by molar-refractivity contribution is 0.660. The van der Waals surface area contributed by atoms with Gasteiger partial charge in [-0.3, -0.25) is 0 Å². The molecule has 0 spiro atoms. The Hall–Kier alpha value is -13.2. The van der Waals surface area contributed by atoms with E-state index < -0.39 is 0 Å². The molecule has 15 aromatic carbocycles. The highest BCUT2D eigenvalue weighted by molar-refractivity contribution is 6.15. The van der Waals surface area contributed by atoms with Crippen LogP contribution >= 0.6 is 0 Å². The van der Waals surface area contributed by atoms with Gasteiger partial charge in [0.2, 0.25) is 0 Å². The fourth-order valence-corrected chi connectivity index (χ4v) is 18.4. The van der Waals surface area contributed by atoms with Crippen molar-refractivity contribution in [1.29, 1.82) is 0 Å². The Morgan fingerprint density at radius 3 is 0.971 bits per heavy atom. The monoisotopic (exact) mass is 1330 g/mol. The molecular formula is C98H66N6. The summed E-state index contributed by atoms with van der Waals surface area (Å²) in [6.07, 6.45) is 0. The molecule has 6 heteroatoms. The minimum atomic E-state index is -0.112. The van der Waals surface area contributed by atoms with Crippen molar-refractivity contribution in [3.05, 3.63) is 350 Å². The number of para-hydroxylation sites is 5. The Balaban J connectivity index is 0.699. The summed E-state index contributed by atoms with van der Waals surface area (Å²) in [6.45, 7) is 9.46. The minimum Gasteiger partial charge on any atom is -0.309 e. The summed E-state index contributed by atoms with van der Waals surface area (Å²) in [6, 6.07) is 122. The van der Waals surface area contributed by atoms with Gasteiger partial charge in [0.1, 0.15) is 0 Å². The van der Waals surface area contributed by atoms with E-state index in [-0.39, 0.29) is 10.8 Å². The Labute approximate surface area is 600 Å². The van der Waals surface area contributed by atoms with Gasteiger partial charge in [-0.1, -0.05) is 234 Å². The first kappa shape index (κ1) is 58.6. The predicted octanol–water partition coefficient (Wildman–Crippen LogP) is 25.3. The summed E-state index contributed by atoms with van der Waals surface area (Å²) >= 11 is 0. The highest BCUT2D eigenvalue weighted by Gasteiger charge is 2.37. The molecule has 0 aliphatic heterocycles. The highest BCUT2D eigenvalue weighted by Crippen LogP contribution is 2.52. The summed E-state index contributed by atoms with van der Waals surface area (Å²) in [5.74, 6) is 0.654. The Morgan fingerprint density at radius 2 is 0.548 bits per heavy atom. The topological polar surface area (TPSA) is 45.5 Å². The zero-order valence-corrected chi connectivity index (χ0v) is 57.9. The summed E-state index contributed by atoms with van der Waals surface area (Å²) < 4.78 is 9.84. The maximum Gasteiger partial charge on any atom is 0.160 e. The van der Waals surface area contributed by atoms with E-state index in [0.29, 0.717) is 5.82 Å². The van der Waals surface area contributed by atoms with Crippen LogP contribution in [0.15, 0.2) is 328 Å². The Kier molecular flexibility index (Phi) is 12.2. The molecule has 0 saturated heterocycles. The maximum atomic E-state index is 5.57. The zero-order valence-electron chi connectivity index (χ0n) is 57.9. The summed E-state index contributed by atoms with van der Waals surface area (Å²) in [5.41, 5.74) is 32.5. The van der Waals surface area contributed by atoms with Gasteiger partial charge in [0, 0.05) is 93.2 Å². The first-order valence-corrected chi connectivity index (χ1v) is 36.2. The van der Waals surface area contributed by atoms with Crippen LogP contribution < -0.4 is 0 Å². The first-order valence-electron chi connectivity index (χ1n) is 36.2. The first-order chi connectivity index (χ1) is 51.1. The van der Waals surface area contributed by atoms with E-state index in [4.69, 9.17) is 9.97 Å². The number of benzene rings is 15. The van der Waals surface area contributed by atoms with E-state index in [1.54, 1.807) is 0 Å². The van der Waals surface area contributed by atoms with Crippen molar-refractivity contribution in [2.75, 3.05) is 0 Å². The van der Waals surface area contributed by atoms with Gasteiger partial charge in [-0.05, 0) is 188 Å². The molecule has 2 aliphatic rings. The number of hydrogen-bond acceptors (Lipinski definition) is 2. The molecule has 0 amide bonds. The van der Waals surface area contributed by atoms with Gasteiger partial charge >= 0.3 is 0 Å². The Morgan fingerprint density at radius 1 is 0.212 bits per heavy atom. The minimum absolute atomic E-state index is 0.112. The van der Waals surface area contributed by atoms with Crippen molar-refractivity contribution >= 4 is 98.1 Å². The van der Waals surface area contributed by atoms with Crippen LogP contribution in [0, 0.1) is 0 Å². The summed E-state index contributed by atoms with van der Waals surface area (Å²) in [5, 5.41) is 10.6. The third-order valence-electron chi connectivity index (χ3n) is 23.3. The number of nitrogens with zero attached hydrogens (tertiary/aromatic N) is 6. The van der Waals surface area contributed by atoms with Gasteiger partial charge in [0.05, 0.1) is 55.3 Å². The molecule has 22 rings (SSSR count).